The second-order valence-electron chi connectivity index (χ2n) is 6.39. The van der Waals surface area contributed by atoms with Crippen molar-refractivity contribution in [2.45, 2.75) is 38.8 Å². The lowest BCUT2D eigenvalue weighted by Gasteiger charge is -2.21. The molecule has 1 heterocycles. The highest BCUT2D eigenvalue weighted by Crippen LogP contribution is 2.14. The summed E-state index contributed by atoms with van der Waals surface area (Å²) >= 11 is 0. The van der Waals surface area contributed by atoms with E-state index in [9.17, 15) is 14.7 Å². The number of ether oxygens (including phenoxy) is 1. The van der Waals surface area contributed by atoms with Gasteiger partial charge < -0.3 is 20.1 Å². The van der Waals surface area contributed by atoms with Crippen molar-refractivity contribution in [2.75, 3.05) is 6.61 Å². The van der Waals surface area contributed by atoms with Gasteiger partial charge in [0.2, 0.25) is 0 Å². The Morgan fingerprint density at radius 3 is 2.70 bits per heavy atom. The molecule has 0 saturated heterocycles. The quantitative estimate of drug-likeness (QED) is 0.763. The third-order valence-corrected chi connectivity index (χ3v) is 3.36. The van der Waals surface area contributed by atoms with Gasteiger partial charge in [0, 0.05) is 30.3 Å². The summed E-state index contributed by atoms with van der Waals surface area (Å²) in [7, 11) is 0. The SMILES string of the molecule is CC(C)(C)OCCC(NC(=O)c1ccc2cc[nH]c2c1)C(=O)O. The van der Waals surface area contributed by atoms with Crippen LogP contribution in [0.1, 0.15) is 37.6 Å². The molecular formula is C17H22N2O4. The predicted molar refractivity (Wildman–Crippen MR) is 87.5 cm³/mol. The van der Waals surface area contributed by atoms with Crippen LogP contribution >= 0.6 is 0 Å². The number of hydrogen-bond acceptors (Lipinski definition) is 3. The van der Waals surface area contributed by atoms with Gasteiger partial charge in [0.1, 0.15) is 6.04 Å². The number of hydrogen-bond donors (Lipinski definition) is 3. The maximum absolute atomic E-state index is 12.3. The summed E-state index contributed by atoms with van der Waals surface area (Å²) < 4.78 is 5.52. The lowest BCUT2D eigenvalue weighted by Crippen LogP contribution is -2.42. The second-order valence-corrected chi connectivity index (χ2v) is 6.39. The van der Waals surface area contributed by atoms with Crippen LogP contribution in [-0.4, -0.2) is 40.2 Å². The molecule has 0 aliphatic heterocycles. The summed E-state index contributed by atoms with van der Waals surface area (Å²) in [5.74, 6) is -1.48. The molecule has 1 unspecified atom stereocenters. The van der Waals surface area contributed by atoms with Crippen molar-refractivity contribution in [1.82, 2.24) is 10.3 Å². The summed E-state index contributed by atoms with van der Waals surface area (Å²) in [4.78, 5) is 26.6. The fourth-order valence-electron chi connectivity index (χ4n) is 2.17. The lowest BCUT2D eigenvalue weighted by atomic mass is 10.1. The van der Waals surface area contributed by atoms with E-state index in [-0.39, 0.29) is 18.6 Å². The molecule has 0 aliphatic carbocycles. The van der Waals surface area contributed by atoms with Gasteiger partial charge in [-0.1, -0.05) is 6.07 Å². The highest BCUT2D eigenvalue weighted by Gasteiger charge is 2.22. The highest BCUT2D eigenvalue weighted by atomic mass is 16.5. The number of benzene rings is 1. The Hall–Kier alpha value is -2.34. The van der Waals surface area contributed by atoms with E-state index < -0.39 is 17.9 Å². The van der Waals surface area contributed by atoms with E-state index in [1.54, 1.807) is 18.3 Å². The van der Waals surface area contributed by atoms with Crippen LogP contribution in [0, 0.1) is 0 Å². The van der Waals surface area contributed by atoms with Gasteiger partial charge in [0.25, 0.3) is 5.91 Å². The number of amides is 1. The minimum Gasteiger partial charge on any atom is -0.480 e. The number of carboxylic acids is 1. The van der Waals surface area contributed by atoms with Crippen molar-refractivity contribution in [3.8, 4) is 0 Å². The number of aromatic amines is 1. The Labute approximate surface area is 134 Å². The predicted octanol–water partition coefficient (Wildman–Crippen LogP) is 2.56. The van der Waals surface area contributed by atoms with Gasteiger partial charge in [-0.05, 0) is 44.4 Å². The van der Waals surface area contributed by atoms with E-state index in [2.05, 4.69) is 10.3 Å². The zero-order chi connectivity index (χ0) is 17.0. The highest BCUT2D eigenvalue weighted by molar-refractivity contribution is 5.99. The van der Waals surface area contributed by atoms with Crippen LogP contribution in [-0.2, 0) is 9.53 Å². The number of fused-ring (bicyclic) bond motifs is 1. The van der Waals surface area contributed by atoms with Crippen molar-refractivity contribution in [3.05, 3.63) is 36.0 Å². The van der Waals surface area contributed by atoms with E-state index in [0.29, 0.717) is 5.56 Å². The van der Waals surface area contributed by atoms with Crippen molar-refractivity contribution < 1.29 is 19.4 Å². The molecule has 6 nitrogen and oxygen atoms in total. The molecule has 23 heavy (non-hydrogen) atoms. The summed E-state index contributed by atoms with van der Waals surface area (Å²) in [6, 6.07) is 6.12. The molecule has 1 aromatic carbocycles. The van der Waals surface area contributed by atoms with Crippen molar-refractivity contribution in [1.29, 1.82) is 0 Å². The average Bonchev–Trinajstić information content (AvgIpc) is 2.91. The molecule has 3 N–H and O–H groups in total. The van der Waals surface area contributed by atoms with E-state index in [4.69, 9.17) is 4.74 Å². The van der Waals surface area contributed by atoms with Gasteiger partial charge in [-0.3, -0.25) is 4.79 Å². The van der Waals surface area contributed by atoms with Crippen molar-refractivity contribution in [3.63, 3.8) is 0 Å². The summed E-state index contributed by atoms with van der Waals surface area (Å²) in [6.45, 7) is 5.95. The molecule has 2 aromatic rings. The normalized spacial score (nSPS) is 13.0. The minimum atomic E-state index is -1.07. The van der Waals surface area contributed by atoms with Gasteiger partial charge in [-0.2, -0.15) is 0 Å². The van der Waals surface area contributed by atoms with E-state index in [1.807, 2.05) is 32.9 Å². The molecule has 124 valence electrons. The molecule has 1 atom stereocenters. The molecule has 0 radical (unpaired) electrons. The third-order valence-electron chi connectivity index (χ3n) is 3.36. The van der Waals surface area contributed by atoms with E-state index >= 15 is 0 Å². The van der Waals surface area contributed by atoms with Crippen LogP contribution in [0.15, 0.2) is 30.5 Å². The molecule has 1 aromatic heterocycles. The minimum absolute atomic E-state index is 0.211. The molecule has 6 heteroatoms. The molecule has 1 amide bonds. The summed E-state index contributed by atoms with van der Waals surface area (Å²) in [5, 5.41) is 12.8. The molecular weight excluding hydrogens is 296 g/mol. The molecule has 0 saturated carbocycles. The maximum atomic E-state index is 12.3. The number of carbonyl (C=O) groups is 2. The average molecular weight is 318 g/mol. The first kappa shape index (κ1) is 17.0. The monoisotopic (exact) mass is 318 g/mol. The molecule has 0 fully saturated rings. The van der Waals surface area contributed by atoms with Gasteiger partial charge in [-0.15, -0.1) is 0 Å². The topological polar surface area (TPSA) is 91.4 Å². The Kier molecular flexibility index (Phi) is 5.05. The third kappa shape index (κ3) is 4.82. The number of carbonyl (C=O) groups excluding carboxylic acids is 1. The van der Waals surface area contributed by atoms with Crippen molar-refractivity contribution >= 4 is 22.8 Å². The van der Waals surface area contributed by atoms with Crippen molar-refractivity contribution in [2.24, 2.45) is 0 Å². The Morgan fingerprint density at radius 2 is 2.04 bits per heavy atom. The first-order chi connectivity index (χ1) is 10.8. The Morgan fingerprint density at radius 1 is 1.30 bits per heavy atom. The van der Waals surface area contributed by atoms with Crippen LogP contribution in [0.3, 0.4) is 0 Å². The van der Waals surface area contributed by atoms with E-state index in [1.165, 1.54) is 0 Å². The fraction of sp³-hybridized carbons (Fsp3) is 0.412. The van der Waals surface area contributed by atoms with Crippen LogP contribution in [0.5, 0.6) is 0 Å². The van der Waals surface area contributed by atoms with Crippen LogP contribution in [0.4, 0.5) is 0 Å². The Balaban J connectivity index is 2.00. The number of rotatable bonds is 6. The number of aliphatic carboxylic acids is 1. The maximum Gasteiger partial charge on any atom is 0.326 e. The van der Waals surface area contributed by atoms with E-state index in [0.717, 1.165) is 10.9 Å². The second kappa shape index (κ2) is 6.83. The van der Waals surface area contributed by atoms with Crippen LogP contribution in [0.2, 0.25) is 0 Å². The number of aromatic nitrogens is 1. The molecule has 0 spiro atoms. The summed E-state index contributed by atoms with van der Waals surface area (Å²) in [6.07, 6.45) is 2.00. The van der Waals surface area contributed by atoms with Gasteiger partial charge in [0.15, 0.2) is 0 Å². The smallest absolute Gasteiger partial charge is 0.326 e. The molecule has 0 aliphatic rings. The van der Waals surface area contributed by atoms with Crippen LogP contribution in [0.25, 0.3) is 10.9 Å². The Bertz CT molecular complexity index is 700. The molecule has 2 rings (SSSR count). The fourth-order valence-corrected chi connectivity index (χ4v) is 2.17. The first-order valence-electron chi connectivity index (χ1n) is 7.51. The van der Waals surface area contributed by atoms with Gasteiger partial charge >= 0.3 is 5.97 Å². The van der Waals surface area contributed by atoms with Gasteiger partial charge in [-0.25, -0.2) is 4.79 Å². The molecule has 0 bridgehead atoms. The standard InChI is InChI=1S/C17H22N2O4/c1-17(2,3)23-9-7-13(16(21)22)19-15(20)12-5-4-11-6-8-18-14(11)10-12/h4-6,8,10,13,18H,7,9H2,1-3H3,(H,19,20)(H,21,22). The summed E-state index contributed by atoms with van der Waals surface area (Å²) in [5.41, 5.74) is 0.912. The van der Waals surface area contributed by atoms with Crippen LogP contribution < -0.4 is 5.32 Å². The van der Waals surface area contributed by atoms with Gasteiger partial charge in [0.05, 0.1) is 5.60 Å². The first-order valence-corrected chi connectivity index (χ1v) is 7.51. The zero-order valence-corrected chi connectivity index (χ0v) is 13.6. The largest absolute Gasteiger partial charge is 0.480 e. The lowest BCUT2D eigenvalue weighted by molar-refractivity contribution is -0.140. The number of carboxylic acid groups (broad SMARTS) is 1. The number of nitrogens with one attached hydrogen (secondary N) is 2. The zero-order valence-electron chi connectivity index (χ0n) is 13.6. The number of H-pyrrole nitrogens is 1.